The van der Waals surface area contributed by atoms with E-state index in [9.17, 15) is 0 Å². The van der Waals surface area contributed by atoms with Crippen molar-refractivity contribution in [2.75, 3.05) is 19.8 Å². The van der Waals surface area contributed by atoms with Crippen molar-refractivity contribution in [2.24, 2.45) is 4.99 Å². The van der Waals surface area contributed by atoms with E-state index in [1.807, 2.05) is 128 Å². The average Bonchev–Trinajstić information content (AvgIpc) is 3.00. The second-order valence-electron chi connectivity index (χ2n) is 9.75. The predicted molar refractivity (Wildman–Crippen MR) is 182 cm³/mol. The molecule has 0 saturated heterocycles. The molecule has 0 spiro atoms. The van der Waals surface area contributed by atoms with E-state index in [4.69, 9.17) is 19.6 Å². The van der Waals surface area contributed by atoms with Gasteiger partial charge in [0.2, 0.25) is 0 Å². The minimum Gasteiger partial charge on any atom is -0.661 e. The second kappa shape index (κ2) is 20.1. The molecule has 3 aromatic carbocycles. The summed E-state index contributed by atoms with van der Waals surface area (Å²) in [6.45, 7) is 19.6. The molecular weight excluding hydrogens is 602 g/mol. The minimum absolute atomic E-state index is 0. The van der Waals surface area contributed by atoms with Crippen molar-refractivity contribution in [1.29, 1.82) is 5.41 Å². The van der Waals surface area contributed by atoms with Crippen LogP contribution in [0.5, 0.6) is 17.2 Å². The molecule has 0 unspecified atom stereocenters. The molecule has 0 radical (unpaired) electrons. The summed E-state index contributed by atoms with van der Waals surface area (Å²) in [4.78, 5) is 4.68. The van der Waals surface area contributed by atoms with Crippen LogP contribution in [0.2, 0.25) is 0 Å². The number of benzene rings is 3. The average molecular weight is 648 g/mol. The molecule has 8 heteroatoms. The Labute approximate surface area is 277 Å². The van der Waals surface area contributed by atoms with Gasteiger partial charge in [0, 0.05) is 11.4 Å². The second-order valence-corrected chi connectivity index (χ2v) is 9.75. The molecule has 3 rings (SSSR count). The number of ether oxygens (including phenoxy) is 3. The topological polar surface area (TPSA) is 92.1 Å². The molecule has 0 aliphatic heterocycles. The summed E-state index contributed by atoms with van der Waals surface area (Å²) in [6.07, 6.45) is 0. The Balaban J connectivity index is 0.000000469. The van der Waals surface area contributed by atoms with Gasteiger partial charge in [0.1, 0.15) is 17.2 Å². The summed E-state index contributed by atoms with van der Waals surface area (Å²) in [7, 11) is 0. The number of aliphatic imine (C=N–C) groups is 1. The van der Waals surface area contributed by atoms with Crippen LogP contribution in [0.15, 0.2) is 100 Å². The van der Waals surface area contributed by atoms with Crippen LogP contribution < -0.4 is 14.2 Å². The molecule has 0 aliphatic carbocycles. The van der Waals surface area contributed by atoms with Crippen LogP contribution in [0.4, 0.5) is 17.1 Å². The number of nitrogens with one attached hydrogen (secondary N) is 1. The third-order valence-corrected chi connectivity index (χ3v) is 6.52. The van der Waals surface area contributed by atoms with Crippen LogP contribution in [0.25, 0.3) is 10.6 Å². The Morgan fingerprint density at radius 2 is 0.909 bits per heavy atom. The molecule has 0 bridgehead atoms. The number of hydrogen-bond donors (Lipinski definition) is 1. The summed E-state index contributed by atoms with van der Waals surface area (Å²) in [5, 5.41) is 16.7. The van der Waals surface area contributed by atoms with Gasteiger partial charge in [-0.25, -0.2) is 0 Å². The normalized spacial score (nSPS) is 11.9. The van der Waals surface area contributed by atoms with Gasteiger partial charge in [-0.1, -0.05) is 38.1 Å². The molecule has 0 saturated carbocycles. The zero-order chi connectivity index (χ0) is 31.8. The first kappa shape index (κ1) is 38.1. The summed E-state index contributed by atoms with van der Waals surface area (Å²) in [6, 6.07) is 23.2. The monoisotopic (exact) mass is 646 g/mol. The number of allylic oxidation sites excluding steroid dienone is 4. The molecule has 0 aliphatic rings. The van der Waals surface area contributed by atoms with E-state index in [1.165, 1.54) is 0 Å². The Kier molecular flexibility index (Phi) is 17.4. The number of rotatable bonds is 13. The minimum atomic E-state index is 0. The summed E-state index contributed by atoms with van der Waals surface area (Å²) < 4.78 is 16.3. The molecule has 0 amide bonds. The number of hydrogen-bond acceptors (Lipinski definition) is 5. The van der Waals surface area contributed by atoms with Gasteiger partial charge < -0.3 is 30.3 Å². The van der Waals surface area contributed by atoms with Crippen molar-refractivity contribution in [3.05, 3.63) is 106 Å². The largest absolute Gasteiger partial charge is 2.00 e. The van der Waals surface area contributed by atoms with Crippen LogP contribution >= 0.6 is 0 Å². The van der Waals surface area contributed by atoms with Crippen LogP contribution in [-0.2, 0) is 19.5 Å². The molecule has 1 N–H and O–H groups in total. The first-order valence-corrected chi connectivity index (χ1v) is 14.7. The summed E-state index contributed by atoms with van der Waals surface area (Å²) in [5.41, 5.74) is 7.98. The molecule has 230 valence electrons. The zero-order valence-corrected chi connectivity index (χ0v) is 30.8. The van der Waals surface area contributed by atoms with E-state index in [0.717, 1.165) is 62.6 Å². The zero-order valence-electron chi connectivity index (χ0n) is 27.8. The van der Waals surface area contributed by atoms with E-state index < -0.39 is 0 Å². The fourth-order valence-electron chi connectivity index (χ4n) is 3.72. The fraction of sp³-hybridized carbons (Fsp3) is 0.333. The molecular formula is C36H46N4O3Zn. The summed E-state index contributed by atoms with van der Waals surface area (Å²) >= 11 is 0. The van der Waals surface area contributed by atoms with Crippen LogP contribution in [0, 0.1) is 5.41 Å². The fourth-order valence-corrected chi connectivity index (χ4v) is 3.72. The Morgan fingerprint density at radius 1 is 0.568 bits per heavy atom. The van der Waals surface area contributed by atoms with Crippen molar-refractivity contribution in [3.63, 3.8) is 0 Å². The van der Waals surface area contributed by atoms with Gasteiger partial charge in [-0.3, -0.25) is 4.99 Å². The van der Waals surface area contributed by atoms with Crippen LogP contribution in [0.1, 0.15) is 62.3 Å². The Hall–Kier alpha value is -3.90. The van der Waals surface area contributed by atoms with E-state index in [0.29, 0.717) is 25.5 Å². The molecule has 0 aromatic heterocycles. The first-order chi connectivity index (χ1) is 20.6. The Morgan fingerprint density at radius 3 is 1.25 bits per heavy atom. The smallest absolute Gasteiger partial charge is 0.661 e. The molecule has 0 heterocycles. The molecule has 0 fully saturated rings. The van der Waals surface area contributed by atoms with Gasteiger partial charge in [0.15, 0.2) is 0 Å². The van der Waals surface area contributed by atoms with Crippen molar-refractivity contribution in [1.82, 2.24) is 0 Å². The third-order valence-electron chi connectivity index (χ3n) is 6.52. The van der Waals surface area contributed by atoms with Gasteiger partial charge in [0.05, 0.1) is 25.5 Å². The summed E-state index contributed by atoms with van der Waals surface area (Å²) in [5.74, 6) is 2.57. The van der Waals surface area contributed by atoms with E-state index in [2.05, 4.69) is 15.6 Å². The Bertz CT molecular complexity index is 1390. The maximum absolute atomic E-state index is 7.55. The van der Waals surface area contributed by atoms with E-state index in [-0.39, 0.29) is 19.5 Å². The molecule has 0 atom stereocenters. The molecule has 7 nitrogen and oxygen atoms in total. The molecule has 44 heavy (non-hydrogen) atoms. The first-order valence-electron chi connectivity index (χ1n) is 14.7. The maximum Gasteiger partial charge on any atom is 2.00 e. The van der Waals surface area contributed by atoms with Crippen molar-refractivity contribution >= 4 is 28.5 Å². The number of nitrogens with zero attached hydrogens (tertiary/aromatic N) is 3. The van der Waals surface area contributed by atoms with E-state index >= 15 is 0 Å². The van der Waals surface area contributed by atoms with Gasteiger partial charge in [-0.05, 0) is 108 Å². The van der Waals surface area contributed by atoms with Gasteiger partial charge >= 0.3 is 19.5 Å². The van der Waals surface area contributed by atoms with Gasteiger partial charge in [0.25, 0.3) is 0 Å². The van der Waals surface area contributed by atoms with Crippen molar-refractivity contribution < 1.29 is 33.7 Å². The van der Waals surface area contributed by atoms with Crippen molar-refractivity contribution in [2.45, 2.75) is 62.3 Å². The van der Waals surface area contributed by atoms with E-state index in [1.54, 1.807) is 6.92 Å². The van der Waals surface area contributed by atoms with Gasteiger partial charge in [-0.15, -0.1) is 11.4 Å². The standard InChI is InChI=1S/C22H27N2O2.C14H19N2O.Zn/c1-6-25-21-12-8-19(9-13-21)23-17(4)16(3)18(5)24-20-10-14-22(15-11-20)26-7-2;1-5-17-14-8-6-13(7-9-14)16-12(4)10(2)11(3)15;/h8-15H,6-7H2,1-5H3;6-9,15H,5H2,1-4H3;/q2*-1;+2. The molecule has 3 aromatic rings. The van der Waals surface area contributed by atoms with Crippen LogP contribution in [0.3, 0.4) is 0 Å². The third kappa shape index (κ3) is 13.2. The predicted octanol–water partition coefficient (Wildman–Crippen LogP) is 11.0. The van der Waals surface area contributed by atoms with Gasteiger partial charge in [-0.2, -0.15) is 11.4 Å². The SMILES string of the molecule is CCOc1ccc(N=C(C)C(C)=C(C)[N-]c2ccc(OCC)cc2)cc1.CCOc1ccc([N-]C(C)=C(C)C(C)=N)cc1.[Zn+2]. The van der Waals surface area contributed by atoms with Crippen molar-refractivity contribution in [3.8, 4) is 17.2 Å². The van der Waals surface area contributed by atoms with Crippen LogP contribution in [-0.4, -0.2) is 31.2 Å². The quantitative estimate of drug-likeness (QED) is 0.148. The maximum atomic E-state index is 7.55.